The first-order valence-corrected chi connectivity index (χ1v) is 6.64. The van der Waals surface area contributed by atoms with Gasteiger partial charge in [-0.25, -0.2) is 4.98 Å². The summed E-state index contributed by atoms with van der Waals surface area (Å²) < 4.78 is 5.56. The Kier molecular flexibility index (Phi) is 3.42. The molecule has 0 aliphatic heterocycles. The van der Waals surface area contributed by atoms with Crippen molar-refractivity contribution in [1.29, 1.82) is 0 Å². The van der Waals surface area contributed by atoms with Crippen LogP contribution < -0.4 is 5.32 Å². The van der Waals surface area contributed by atoms with Crippen LogP contribution in [0, 0.1) is 10.1 Å². The van der Waals surface area contributed by atoms with E-state index in [1.54, 1.807) is 6.07 Å². The van der Waals surface area contributed by atoms with Crippen LogP contribution >= 0.6 is 11.6 Å². The van der Waals surface area contributed by atoms with Gasteiger partial charge in [0.25, 0.3) is 5.69 Å². The lowest BCUT2D eigenvalue weighted by molar-refractivity contribution is -0.384. The van der Waals surface area contributed by atoms with E-state index in [9.17, 15) is 10.1 Å². The summed E-state index contributed by atoms with van der Waals surface area (Å²) in [5.41, 5.74) is 0.180. The van der Waals surface area contributed by atoms with Gasteiger partial charge in [0.15, 0.2) is 5.76 Å². The van der Waals surface area contributed by atoms with Gasteiger partial charge in [-0.05, 0) is 18.9 Å². The zero-order chi connectivity index (χ0) is 14.1. The Bertz CT molecular complexity index is 652. The van der Waals surface area contributed by atoms with Crippen molar-refractivity contribution >= 4 is 17.3 Å². The van der Waals surface area contributed by atoms with E-state index in [0.29, 0.717) is 24.2 Å². The fraction of sp³-hybridized carbons (Fsp3) is 0.308. The molecule has 1 fully saturated rings. The molecule has 0 radical (unpaired) electrons. The number of hydrogen-bond donors (Lipinski definition) is 1. The van der Waals surface area contributed by atoms with Crippen LogP contribution in [0.4, 0.5) is 5.69 Å². The SMILES string of the molecule is O=[N+]([O-])c1cccc(Cl)c1-c1cnc(CNC2CC2)o1. The monoisotopic (exact) mass is 293 g/mol. The Morgan fingerprint density at radius 2 is 2.30 bits per heavy atom. The van der Waals surface area contributed by atoms with Gasteiger partial charge in [-0.15, -0.1) is 0 Å². The summed E-state index contributed by atoms with van der Waals surface area (Å²) in [6, 6.07) is 5.07. The topological polar surface area (TPSA) is 81.2 Å². The highest BCUT2D eigenvalue weighted by atomic mass is 35.5. The van der Waals surface area contributed by atoms with E-state index in [0.717, 1.165) is 0 Å². The maximum atomic E-state index is 11.0. The molecule has 7 heteroatoms. The van der Waals surface area contributed by atoms with Crippen LogP contribution in [-0.4, -0.2) is 15.9 Å². The van der Waals surface area contributed by atoms with Gasteiger partial charge in [0.1, 0.15) is 5.56 Å². The van der Waals surface area contributed by atoms with Crippen molar-refractivity contribution < 1.29 is 9.34 Å². The number of oxazole rings is 1. The molecule has 1 N–H and O–H groups in total. The number of halogens is 1. The van der Waals surface area contributed by atoms with Crippen molar-refractivity contribution in [2.45, 2.75) is 25.4 Å². The van der Waals surface area contributed by atoms with E-state index in [1.807, 2.05) is 0 Å². The normalized spacial score (nSPS) is 14.4. The van der Waals surface area contributed by atoms with Crippen molar-refractivity contribution in [1.82, 2.24) is 10.3 Å². The zero-order valence-electron chi connectivity index (χ0n) is 10.5. The highest BCUT2D eigenvalue weighted by molar-refractivity contribution is 6.33. The van der Waals surface area contributed by atoms with Crippen molar-refractivity contribution in [3.63, 3.8) is 0 Å². The fourth-order valence-electron chi connectivity index (χ4n) is 1.94. The number of nitro benzene ring substituents is 1. The lowest BCUT2D eigenvalue weighted by Crippen LogP contribution is -2.15. The predicted octanol–water partition coefficient (Wildman–Crippen LogP) is 3.16. The van der Waals surface area contributed by atoms with E-state index < -0.39 is 4.92 Å². The molecule has 1 aliphatic carbocycles. The van der Waals surface area contributed by atoms with Crippen LogP contribution in [-0.2, 0) is 6.54 Å². The number of rotatable bonds is 5. The summed E-state index contributed by atoms with van der Waals surface area (Å²) in [5, 5.41) is 14.6. The van der Waals surface area contributed by atoms with Crippen molar-refractivity contribution in [2.24, 2.45) is 0 Å². The summed E-state index contributed by atoms with van der Waals surface area (Å²) >= 11 is 6.05. The van der Waals surface area contributed by atoms with Crippen LogP contribution in [0.15, 0.2) is 28.8 Å². The first-order chi connectivity index (χ1) is 9.65. The van der Waals surface area contributed by atoms with E-state index >= 15 is 0 Å². The number of nitrogens with one attached hydrogen (secondary N) is 1. The Labute approximate surface area is 119 Å². The van der Waals surface area contributed by atoms with Gasteiger partial charge in [-0.1, -0.05) is 17.7 Å². The lowest BCUT2D eigenvalue weighted by Gasteiger charge is -2.02. The maximum Gasteiger partial charge on any atom is 0.281 e. The van der Waals surface area contributed by atoms with Crippen molar-refractivity contribution in [3.8, 4) is 11.3 Å². The summed E-state index contributed by atoms with van der Waals surface area (Å²) in [6.45, 7) is 0.517. The Hall–Kier alpha value is -1.92. The minimum absolute atomic E-state index is 0.0876. The zero-order valence-corrected chi connectivity index (χ0v) is 11.3. The molecule has 1 aliphatic rings. The maximum absolute atomic E-state index is 11.0. The first kappa shape index (κ1) is 13.1. The second-order valence-electron chi connectivity index (χ2n) is 4.66. The molecule has 6 nitrogen and oxygen atoms in total. The average molecular weight is 294 g/mol. The van der Waals surface area contributed by atoms with Crippen molar-refractivity contribution in [3.05, 3.63) is 45.4 Å². The largest absolute Gasteiger partial charge is 0.439 e. The molecule has 1 heterocycles. The lowest BCUT2D eigenvalue weighted by atomic mass is 10.1. The van der Waals surface area contributed by atoms with Crippen LogP contribution in [0.2, 0.25) is 5.02 Å². The molecule has 3 rings (SSSR count). The molecule has 0 amide bonds. The van der Waals surface area contributed by atoms with E-state index in [4.69, 9.17) is 16.0 Å². The number of nitro groups is 1. The van der Waals surface area contributed by atoms with Gasteiger partial charge >= 0.3 is 0 Å². The standard InChI is InChI=1S/C13H12ClN3O3/c14-9-2-1-3-10(17(18)19)13(9)11-6-16-12(20-11)7-15-8-4-5-8/h1-3,6,8,15H,4-5,7H2. The smallest absolute Gasteiger partial charge is 0.281 e. The molecule has 0 bridgehead atoms. The number of nitrogens with zero attached hydrogens (tertiary/aromatic N) is 2. The second-order valence-corrected chi connectivity index (χ2v) is 5.07. The number of aromatic nitrogens is 1. The molecular formula is C13H12ClN3O3. The van der Waals surface area contributed by atoms with Crippen LogP contribution in [0.5, 0.6) is 0 Å². The number of hydrogen-bond acceptors (Lipinski definition) is 5. The second kappa shape index (κ2) is 5.22. The Morgan fingerprint density at radius 1 is 1.50 bits per heavy atom. The quantitative estimate of drug-likeness (QED) is 0.676. The minimum Gasteiger partial charge on any atom is -0.439 e. The van der Waals surface area contributed by atoms with E-state index in [2.05, 4.69) is 10.3 Å². The summed E-state index contributed by atoms with van der Waals surface area (Å²) in [7, 11) is 0. The molecule has 0 unspecified atom stereocenters. The van der Waals surface area contributed by atoms with E-state index in [-0.39, 0.29) is 16.3 Å². The molecule has 0 atom stereocenters. The van der Waals surface area contributed by atoms with E-state index in [1.165, 1.54) is 31.2 Å². The summed E-state index contributed by atoms with van der Waals surface area (Å²) in [5.74, 6) is 0.816. The molecule has 0 saturated heterocycles. The molecule has 0 spiro atoms. The summed E-state index contributed by atoms with van der Waals surface area (Å²) in [4.78, 5) is 14.7. The molecular weight excluding hydrogens is 282 g/mol. The van der Waals surface area contributed by atoms with Gasteiger partial charge in [-0.2, -0.15) is 0 Å². The van der Waals surface area contributed by atoms with Crippen LogP contribution in [0.3, 0.4) is 0 Å². The molecule has 104 valence electrons. The molecule has 1 aromatic heterocycles. The molecule has 2 aromatic rings. The van der Waals surface area contributed by atoms with Gasteiger partial charge in [-0.3, -0.25) is 10.1 Å². The van der Waals surface area contributed by atoms with Crippen LogP contribution in [0.1, 0.15) is 18.7 Å². The average Bonchev–Trinajstić information content (AvgIpc) is 3.14. The van der Waals surface area contributed by atoms with Gasteiger partial charge in [0.05, 0.1) is 22.7 Å². The van der Waals surface area contributed by atoms with Crippen molar-refractivity contribution in [2.75, 3.05) is 0 Å². The third-order valence-corrected chi connectivity index (χ3v) is 3.42. The minimum atomic E-state index is -0.480. The first-order valence-electron chi connectivity index (χ1n) is 6.26. The fourth-order valence-corrected chi connectivity index (χ4v) is 2.20. The predicted molar refractivity (Wildman–Crippen MR) is 73.5 cm³/mol. The molecule has 1 saturated carbocycles. The Balaban J connectivity index is 1.90. The van der Waals surface area contributed by atoms with Gasteiger partial charge in [0, 0.05) is 12.1 Å². The van der Waals surface area contributed by atoms with Crippen LogP contribution in [0.25, 0.3) is 11.3 Å². The highest BCUT2D eigenvalue weighted by Crippen LogP contribution is 2.36. The Morgan fingerprint density at radius 3 is 3.00 bits per heavy atom. The van der Waals surface area contributed by atoms with Gasteiger partial charge < -0.3 is 9.73 Å². The van der Waals surface area contributed by atoms with Gasteiger partial charge in [0.2, 0.25) is 5.89 Å². The third kappa shape index (κ3) is 2.66. The summed E-state index contributed by atoms with van der Waals surface area (Å²) in [6.07, 6.45) is 3.81. The molecule has 1 aromatic carbocycles. The number of benzene rings is 1. The molecule has 20 heavy (non-hydrogen) atoms. The third-order valence-electron chi connectivity index (χ3n) is 3.11. The highest BCUT2D eigenvalue weighted by Gasteiger charge is 2.23.